The van der Waals surface area contributed by atoms with Crippen molar-refractivity contribution in [3.05, 3.63) is 90.1 Å². The maximum atomic E-state index is 12.9. The van der Waals surface area contributed by atoms with Crippen LogP contribution in [0.4, 0.5) is 5.69 Å². The number of aromatic nitrogens is 4. The van der Waals surface area contributed by atoms with Crippen LogP contribution in [0.5, 0.6) is 5.75 Å². The summed E-state index contributed by atoms with van der Waals surface area (Å²) in [6, 6.07) is 14.5. The van der Waals surface area contributed by atoms with E-state index in [0.29, 0.717) is 22.8 Å². The van der Waals surface area contributed by atoms with Gasteiger partial charge in [0.05, 0.1) is 12.0 Å². The third-order valence-corrected chi connectivity index (χ3v) is 6.43. The fourth-order valence-electron chi connectivity index (χ4n) is 3.25. The van der Waals surface area contributed by atoms with Crippen molar-refractivity contribution in [1.29, 1.82) is 0 Å². The van der Waals surface area contributed by atoms with Gasteiger partial charge in [-0.3, -0.25) is 9.52 Å². The molecule has 0 unspecified atom stereocenters. The van der Waals surface area contributed by atoms with Crippen molar-refractivity contribution in [2.75, 3.05) is 11.8 Å². The lowest BCUT2D eigenvalue weighted by Crippen LogP contribution is -2.25. The first-order valence-electron chi connectivity index (χ1n) is 10.2. The average Bonchev–Trinajstić information content (AvgIpc) is 3.38. The number of hydrogen-bond acceptors (Lipinski definition) is 7. The highest BCUT2D eigenvalue weighted by Crippen LogP contribution is 2.21. The van der Waals surface area contributed by atoms with E-state index in [2.05, 4.69) is 25.1 Å². The third kappa shape index (κ3) is 5.04. The minimum atomic E-state index is -3.91. The SMILES string of the molecule is COc1ccc(NS(=O)(=O)c2ccc(C)c(C(=O)NCc3cccnc3-n3cncn3)c2)cc1. The number of carbonyl (C=O) groups excluding carboxylic acids is 1. The van der Waals surface area contributed by atoms with E-state index in [1.54, 1.807) is 49.5 Å². The molecule has 0 aliphatic carbocycles. The Morgan fingerprint density at radius 2 is 1.91 bits per heavy atom. The highest BCUT2D eigenvalue weighted by Gasteiger charge is 2.19. The van der Waals surface area contributed by atoms with Gasteiger partial charge in [-0.2, -0.15) is 5.10 Å². The highest BCUT2D eigenvalue weighted by molar-refractivity contribution is 7.92. The van der Waals surface area contributed by atoms with E-state index in [4.69, 9.17) is 4.74 Å². The van der Waals surface area contributed by atoms with E-state index in [1.165, 1.54) is 36.6 Å². The second-order valence-corrected chi connectivity index (χ2v) is 9.00. The molecule has 0 aliphatic heterocycles. The summed E-state index contributed by atoms with van der Waals surface area (Å²) >= 11 is 0. The number of rotatable bonds is 8. The van der Waals surface area contributed by atoms with Gasteiger partial charge in [-0.25, -0.2) is 23.1 Å². The molecule has 4 aromatic rings. The molecule has 0 atom stereocenters. The molecule has 0 radical (unpaired) electrons. The fourth-order valence-corrected chi connectivity index (χ4v) is 4.33. The molecule has 0 saturated heterocycles. The van der Waals surface area contributed by atoms with Gasteiger partial charge < -0.3 is 10.1 Å². The van der Waals surface area contributed by atoms with E-state index in [0.717, 1.165) is 5.56 Å². The minimum Gasteiger partial charge on any atom is -0.497 e. The van der Waals surface area contributed by atoms with Gasteiger partial charge in [0.15, 0.2) is 5.82 Å². The van der Waals surface area contributed by atoms with Crippen molar-refractivity contribution in [3.8, 4) is 11.6 Å². The molecule has 0 spiro atoms. The van der Waals surface area contributed by atoms with Crippen molar-refractivity contribution in [1.82, 2.24) is 25.1 Å². The number of nitrogens with zero attached hydrogens (tertiary/aromatic N) is 4. The van der Waals surface area contributed by atoms with Crippen LogP contribution in [0.3, 0.4) is 0 Å². The van der Waals surface area contributed by atoms with Crippen LogP contribution in [0.2, 0.25) is 0 Å². The van der Waals surface area contributed by atoms with Crippen LogP contribution < -0.4 is 14.8 Å². The van der Waals surface area contributed by atoms with Crippen LogP contribution in [-0.2, 0) is 16.6 Å². The molecule has 0 fully saturated rings. The van der Waals surface area contributed by atoms with Gasteiger partial charge >= 0.3 is 0 Å². The van der Waals surface area contributed by atoms with E-state index in [9.17, 15) is 13.2 Å². The van der Waals surface area contributed by atoms with Gasteiger partial charge in [-0.15, -0.1) is 0 Å². The van der Waals surface area contributed by atoms with Gasteiger partial charge in [0, 0.05) is 29.6 Å². The minimum absolute atomic E-state index is 0.0243. The van der Waals surface area contributed by atoms with Crippen LogP contribution >= 0.6 is 0 Å². The quantitative estimate of drug-likeness (QED) is 0.398. The number of hydrogen-bond donors (Lipinski definition) is 2. The van der Waals surface area contributed by atoms with Crippen molar-refractivity contribution in [3.63, 3.8) is 0 Å². The smallest absolute Gasteiger partial charge is 0.261 e. The molecule has 11 heteroatoms. The van der Waals surface area contributed by atoms with Crippen LogP contribution in [0.25, 0.3) is 5.82 Å². The van der Waals surface area contributed by atoms with E-state index >= 15 is 0 Å². The molecule has 2 heterocycles. The van der Waals surface area contributed by atoms with E-state index < -0.39 is 15.9 Å². The average molecular weight is 479 g/mol. The van der Waals surface area contributed by atoms with Crippen LogP contribution in [0, 0.1) is 6.92 Å². The molecule has 4 rings (SSSR count). The number of anilines is 1. The lowest BCUT2D eigenvalue weighted by atomic mass is 10.1. The number of pyridine rings is 1. The first kappa shape index (κ1) is 22.9. The summed E-state index contributed by atoms with van der Waals surface area (Å²) in [6.45, 7) is 1.91. The largest absolute Gasteiger partial charge is 0.497 e. The summed E-state index contributed by atoms with van der Waals surface area (Å²) in [6.07, 6.45) is 4.53. The standard InChI is InChI=1S/C23H22N6O4S/c1-16-5-10-20(34(31,32)28-18-6-8-19(33-2)9-7-18)12-21(16)23(30)26-13-17-4-3-11-25-22(17)29-15-24-14-27-29/h3-12,14-15,28H,13H2,1-2H3,(H,26,30). The Morgan fingerprint density at radius 1 is 1.12 bits per heavy atom. The van der Waals surface area contributed by atoms with Crippen molar-refractivity contribution in [2.24, 2.45) is 0 Å². The van der Waals surface area contributed by atoms with Gasteiger partial charge in [0.2, 0.25) is 0 Å². The number of carbonyl (C=O) groups is 1. The zero-order valence-electron chi connectivity index (χ0n) is 18.5. The molecule has 2 aromatic carbocycles. The predicted molar refractivity (Wildman–Crippen MR) is 125 cm³/mol. The molecule has 174 valence electrons. The number of methoxy groups -OCH3 is 1. The summed E-state index contributed by atoms with van der Waals surface area (Å²) in [5, 5.41) is 6.91. The van der Waals surface area contributed by atoms with Gasteiger partial charge in [0.1, 0.15) is 18.4 Å². The van der Waals surface area contributed by atoms with E-state index in [1.807, 2.05) is 6.07 Å². The van der Waals surface area contributed by atoms with Crippen LogP contribution in [-0.4, -0.2) is 41.2 Å². The monoisotopic (exact) mass is 478 g/mol. The Bertz CT molecular complexity index is 1400. The first-order valence-corrected chi connectivity index (χ1v) is 11.7. The number of nitrogens with one attached hydrogen (secondary N) is 2. The Hall–Kier alpha value is -4.25. The Balaban J connectivity index is 1.52. The van der Waals surface area contributed by atoms with Gasteiger partial charge in [0.25, 0.3) is 15.9 Å². The van der Waals surface area contributed by atoms with Crippen molar-refractivity contribution in [2.45, 2.75) is 18.4 Å². The predicted octanol–water partition coefficient (Wildman–Crippen LogP) is 2.71. The highest BCUT2D eigenvalue weighted by atomic mass is 32.2. The van der Waals surface area contributed by atoms with Crippen LogP contribution in [0.1, 0.15) is 21.5 Å². The molecule has 0 saturated carbocycles. The topological polar surface area (TPSA) is 128 Å². The maximum absolute atomic E-state index is 12.9. The lowest BCUT2D eigenvalue weighted by molar-refractivity contribution is 0.0950. The summed E-state index contributed by atoms with van der Waals surface area (Å²) in [5.41, 5.74) is 2.00. The number of sulfonamides is 1. The molecule has 10 nitrogen and oxygen atoms in total. The summed E-state index contributed by atoms with van der Waals surface area (Å²) in [7, 11) is -2.38. The summed E-state index contributed by atoms with van der Waals surface area (Å²) in [4.78, 5) is 21.1. The third-order valence-electron chi connectivity index (χ3n) is 5.05. The summed E-state index contributed by atoms with van der Waals surface area (Å²) < 4.78 is 34.9. The second-order valence-electron chi connectivity index (χ2n) is 7.32. The molecule has 2 N–H and O–H groups in total. The number of benzene rings is 2. The maximum Gasteiger partial charge on any atom is 0.261 e. The van der Waals surface area contributed by atoms with Crippen molar-refractivity contribution < 1.29 is 17.9 Å². The van der Waals surface area contributed by atoms with Crippen molar-refractivity contribution >= 4 is 21.6 Å². The summed E-state index contributed by atoms with van der Waals surface area (Å²) in [5.74, 6) is 0.738. The van der Waals surface area contributed by atoms with Crippen LogP contribution in [0.15, 0.2) is 78.3 Å². The molecule has 2 aromatic heterocycles. The normalized spacial score (nSPS) is 11.1. The Kier molecular flexibility index (Phi) is 6.55. The number of aryl methyl sites for hydroxylation is 1. The lowest BCUT2D eigenvalue weighted by Gasteiger charge is -2.13. The molecule has 1 amide bonds. The molecular weight excluding hydrogens is 456 g/mol. The molecule has 0 bridgehead atoms. The Labute approximate surface area is 196 Å². The molecular formula is C23H22N6O4S. The van der Waals surface area contributed by atoms with E-state index in [-0.39, 0.29) is 17.0 Å². The fraction of sp³-hybridized carbons (Fsp3) is 0.130. The van der Waals surface area contributed by atoms with Gasteiger partial charge in [-0.1, -0.05) is 12.1 Å². The molecule has 0 aliphatic rings. The van der Waals surface area contributed by atoms with Gasteiger partial charge in [-0.05, 0) is 55.0 Å². The zero-order chi connectivity index (χ0) is 24.1. The number of ether oxygens (including phenoxy) is 1. The zero-order valence-corrected chi connectivity index (χ0v) is 19.3. The number of amides is 1. The Morgan fingerprint density at radius 3 is 2.62 bits per heavy atom. The second kappa shape index (κ2) is 9.71. The molecule has 34 heavy (non-hydrogen) atoms. The first-order chi connectivity index (χ1) is 16.4.